The minimum Gasteiger partial charge on any atom is -0.350 e. The molecule has 2 spiro atoms. The van der Waals surface area contributed by atoms with Crippen LogP contribution in [0.1, 0.15) is 69.9 Å². The standard InChI is InChI=1S/C24H33N3O6/c1-27-14-8-9-16(27)15-25-26-21(28)19-17-18(31-23(30-17)10-4-2-5-11-23)20-22(29-19)33-24(32-20)12-6-3-7-13-24/h8-9,14-15,17-20,22H,2-7,10-13H2,1H3,(H,26,28). The maximum atomic E-state index is 13.2. The summed E-state index contributed by atoms with van der Waals surface area (Å²) in [5.41, 5.74) is 3.51. The fraction of sp³-hybridized carbons (Fsp3) is 0.750. The third kappa shape index (κ3) is 3.93. The first kappa shape index (κ1) is 21.7. The monoisotopic (exact) mass is 459 g/mol. The second-order valence-corrected chi connectivity index (χ2v) is 10.0. The highest BCUT2D eigenvalue weighted by Crippen LogP contribution is 2.50. The number of carbonyl (C=O) groups excluding carboxylic acids is 1. The van der Waals surface area contributed by atoms with Crippen LogP contribution in [0, 0.1) is 0 Å². The first-order valence-electron chi connectivity index (χ1n) is 12.4. The number of nitrogens with one attached hydrogen (secondary N) is 1. The van der Waals surface area contributed by atoms with E-state index in [1.165, 1.54) is 12.8 Å². The molecule has 2 saturated carbocycles. The zero-order valence-electron chi connectivity index (χ0n) is 19.1. The Kier molecular flexibility index (Phi) is 5.57. The van der Waals surface area contributed by atoms with Gasteiger partial charge >= 0.3 is 0 Å². The number of ether oxygens (including phenoxy) is 5. The molecule has 4 heterocycles. The molecule has 5 aliphatic rings. The molecule has 0 bridgehead atoms. The van der Waals surface area contributed by atoms with Crippen molar-refractivity contribution in [2.45, 2.75) is 106 Å². The Labute approximate surface area is 193 Å². The van der Waals surface area contributed by atoms with Crippen molar-refractivity contribution >= 4 is 12.1 Å². The Hall–Kier alpha value is -1.78. The van der Waals surface area contributed by atoms with Gasteiger partial charge in [0, 0.05) is 38.9 Å². The van der Waals surface area contributed by atoms with E-state index in [1.54, 1.807) is 6.21 Å². The molecular formula is C24H33N3O6. The minimum atomic E-state index is -0.884. The highest BCUT2D eigenvalue weighted by molar-refractivity contribution is 5.84. The molecule has 1 aromatic rings. The Bertz CT molecular complexity index is 904. The number of hydrogen-bond donors (Lipinski definition) is 1. The van der Waals surface area contributed by atoms with Crippen LogP contribution in [0.25, 0.3) is 0 Å². The molecule has 5 atom stereocenters. The van der Waals surface area contributed by atoms with Crippen LogP contribution in [0.4, 0.5) is 0 Å². The van der Waals surface area contributed by atoms with E-state index in [1.807, 2.05) is 29.9 Å². The summed E-state index contributed by atoms with van der Waals surface area (Å²) >= 11 is 0. The molecule has 5 unspecified atom stereocenters. The van der Waals surface area contributed by atoms with Crippen LogP contribution >= 0.6 is 0 Å². The molecule has 3 saturated heterocycles. The molecule has 1 amide bonds. The summed E-state index contributed by atoms with van der Waals surface area (Å²) in [6, 6.07) is 3.84. The van der Waals surface area contributed by atoms with Crippen LogP contribution in [0.15, 0.2) is 23.4 Å². The summed E-state index contributed by atoms with van der Waals surface area (Å²) in [5, 5.41) is 4.14. The van der Waals surface area contributed by atoms with Crippen molar-refractivity contribution in [2.24, 2.45) is 12.1 Å². The average molecular weight is 460 g/mol. The zero-order valence-corrected chi connectivity index (χ0v) is 19.1. The van der Waals surface area contributed by atoms with Gasteiger partial charge in [-0.05, 0) is 37.8 Å². The Morgan fingerprint density at radius 1 is 0.970 bits per heavy atom. The predicted octanol–water partition coefficient (Wildman–Crippen LogP) is 2.72. The van der Waals surface area contributed by atoms with Crippen LogP contribution in [0.2, 0.25) is 0 Å². The van der Waals surface area contributed by atoms with Crippen molar-refractivity contribution in [2.75, 3.05) is 0 Å². The molecule has 1 aromatic heterocycles. The molecule has 3 aliphatic heterocycles. The van der Waals surface area contributed by atoms with Crippen LogP contribution in [0.3, 0.4) is 0 Å². The van der Waals surface area contributed by atoms with Crippen LogP contribution in [0.5, 0.6) is 0 Å². The molecule has 9 nitrogen and oxygen atoms in total. The van der Waals surface area contributed by atoms with Crippen molar-refractivity contribution in [3.63, 3.8) is 0 Å². The van der Waals surface area contributed by atoms with Gasteiger partial charge in [-0.1, -0.05) is 12.8 Å². The van der Waals surface area contributed by atoms with Gasteiger partial charge in [0.1, 0.15) is 18.3 Å². The first-order valence-corrected chi connectivity index (χ1v) is 12.4. The van der Waals surface area contributed by atoms with E-state index in [0.29, 0.717) is 0 Å². The van der Waals surface area contributed by atoms with E-state index in [-0.39, 0.29) is 5.91 Å². The maximum absolute atomic E-state index is 13.2. The molecule has 1 N–H and O–H groups in total. The smallest absolute Gasteiger partial charge is 0.272 e. The number of hydrogen-bond acceptors (Lipinski definition) is 7. The zero-order chi connectivity index (χ0) is 22.5. The van der Waals surface area contributed by atoms with Gasteiger partial charge in [0.2, 0.25) is 0 Å². The Morgan fingerprint density at radius 2 is 1.61 bits per heavy atom. The molecular weight excluding hydrogens is 426 g/mol. The van der Waals surface area contributed by atoms with Gasteiger partial charge in [-0.3, -0.25) is 4.79 Å². The van der Waals surface area contributed by atoms with Gasteiger partial charge < -0.3 is 28.3 Å². The molecule has 9 heteroatoms. The molecule has 2 aliphatic carbocycles. The summed E-state index contributed by atoms with van der Waals surface area (Å²) in [5.74, 6) is -1.67. The van der Waals surface area contributed by atoms with E-state index in [2.05, 4.69) is 10.5 Å². The van der Waals surface area contributed by atoms with Crippen molar-refractivity contribution in [1.82, 2.24) is 9.99 Å². The summed E-state index contributed by atoms with van der Waals surface area (Å²) in [7, 11) is 1.92. The number of aryl methyl sites for hydroxylation is 1. The van der Waals surface area contributed by atoms with Gasteiger partial charge in [-0.15, -0.1) is 0 Å². The fourth-order valence-corrected chi connectivity index (χ4v) is 6.00. The van der Waals surface area contributed by atoms with Crippen LogP contribution < -0.4 is 5.43 Å². The lowest BCUT2D eigenvalue weighted by Gasteiger charge is -2.36. The summed E-state index contributed by atoms with van der Waals surface area (Å²) in [4.78, 5) is 13.2. The largest absolute Gasteiger partial charge is 0.350 e. The van der Waals surface area contributed by atoms with E-state index in [0.717, 1.165) is 57.1 Å². The number of carbonyl (C=O) groups is 1. The third-order valence-electron chi connectivity index (χ3n) is 7.72. The van der Waals surface area contributed by atoms with Crippen molar-refractivity contribution in [1.29, 1.82) is 0 Å². The van der Waals surface area contributed by atoms with Gasteiger partial charge in [0.05, 0.1) is 11.9 Å². The average Bonchev–Trinajstić information content (AvgIpc) is 3.49. The second kappa shape index (κ2) is 8.46. The summed E-state index contributed by atoms with van der Waals surface area (Å²) in [6.07, 6.45) is 10.5. The lowest BCUT2D eigenvalue weighted by molar-refractivity contribution is -0.247. The Morgan fingerprint density at radius 3 is 2.27 bits per heavy atom. The Balaban J connectivity index is 1.23. The number of fused-ring (bicyclic) bond motifs is 3. The fourth-order valence-electron chi connectivity index (χ4n) is 6.00. The lowest BCUT2D eigenvalue weighted by Crippen LogP contribution is -2.59. The normalized spacial score (nSPS) is 36.8. The molecule has 5 fully saturated rings. The van der Waals surface area contributed by atoms with Crippen molar-refractivity contribution in [3.05, 3.63) is 24.0 Å². The molecule has 33 heavy (non-hydrogen) atoms. The number of hydrazone groups is 1. The number of nitrogens with zero attached hydrogens (tertiary/aromatic N) is 2. The van der Waals surface area contributed by atoms with Gasteiger partial charge in [-0.25, -0.2) is 5.43 Å². The molecule has 0 aromatic carbocycles. The van der Waals surface area contributed by atoms with E-state index < -0.39 is 42.3 Å². The SMILES string of the molecule is Cn1cccc1C=NNC(=O)C1OC2OC3(CCCCC3)OC2C2OC3(CCCCC3)OC12. The third-order valence-corrected chi connectivity index (χ3v) is 7.72. The van der Waals surface area contributed by atoms with Crippen LogP contribution in [-0.2, 0) is 35.5 Å². The van der Waals surface area contributed by atoms with Crippen LogP contribution in [-0.4, -0.2) is 59.0 Å². The minimum absolute atomic E-state index is 0.362. The first-order chi connectivity index (χ1) is 16.1. The van der Waals surface area contributed by atoms with Gasteiger partial charge in [0.15, 0.2) is 24.0 Å². The summed E-state index contributed by atoms with van der Waals surface area (Å²) in [6.45, 7) is 0. The lowest BCUT2D eigenvalue weighted by atomic mass is 9.94. The van der Waals surface area contributed by atoms with E-state index in [4.69, 9.17) is 23.7 Å². The second-order valence-electron chi connectivity index (χ2n) is 10.0. The van der Waals surface area contributed by atoms with Gasteiger partial charge in [-0.2, -0.15) is 5.10 Å². The molecule has 0 radical (unpaired) electrons. The van der Waals surface area contributed by atoms with Gasteiger partial charge in [0.25, 0.3) is 5.91 Å². The van der Waals surface area contributed by atoms with E-state index >= 15 is 0 Å². The number of aromatic nitrogens is 1. The maximum Gasteiger partial charge on any atom is 0.272 e. The highest BCUT2D eigenvalue weighted by Gasteiger charge is 2.65. The highest BCUT2D eigenvalue weighted by atomic mass is 16.9. The quantitative estimate of drug-likeness (QED) is 0.552. The number of rotatable bonds is 3. The van der Waals surface area contributed by atoms with E-state index in [9.17, 15) is 4.79 Å². The van der Waals surface area contributed by atoms with Crippen molar-refractivity contribution < 1.29 is 28.5 Å². The topological polar surface area (TPSA) is 92.5 Å². The molecule has 180 valence electrons. The van der Waals surface area contributed by atoms with Crippen molar-refractivity contribution in [3.8, 4) is 0 Å². The predicted molar refractivity (Wildman–Crippen MR) is 117 cm³/mol. The summed E-state index contributed by atoms with van der Waals surface area (Å²) < 4.78 is 34.0. The molecule has 6 rings (SSSR count). The number of amides is 1.